The van der Waals surface area contributed by atoms with Crippen LogP contribution in [0.1, 0.15) is 43.6 Å². The average Bonchev–Trinajstić information content (AvgIpc) is 3.23. The van der Waals surface area contributed by atoms with Crippen molar-refractivity contribution in [3.63, 3.8) is 0 Å². The molecule has 1 unspecified atom stereocenters. The smallest absolute Gasteiger partial charge is 0.134 e. The molecule has 3 nitrogen and oxygen atoms in total. The van der Waals surface area contributed by atoms with Crippen molar-refractivity contribution in [3.8, 4) is 0 Å². The van der Waals surface area contributed by atoms with Crippen molar-refractivity contribution in [1.82, 2.24) is 4.90 Å². The van der Waals surface area contributed by atoms with Gasteiger partial charge in [0.05, 0.1) is 6.04 Å². The minimum Gasteiger partial charge on any atom is -0.461 e. The molecule has 0 spiro atoms. The van der Waals surface area contributed by atoms with Crippen molar-refractivity contribution in [2.45, 2.75) is 39.2 Å². The maximum atomic E-state index is 6.17. The largest absolute Gasteiger partial charge is 0.461 e. The molecule has 1 aromatic heterocycles. The maximum absolute atomic E-state index is 6.17. The van der Waals surface area contributed by atoms with Crippen LogP contribution in [0.25, 0.3) is 11.0 Å². The SMILES string of the molecule is CCCN(CC1CC1)C(CN)c1c(C)oc2ccccc12. The first-order valence-corrected chi connectivity index (χ1v) is 8.16. The molecule has 1 aliphatic carbocycles. The standard InChI is InChI=1S/C18H26N2O/c1-3-10-20(12-14-8-9-14)16(11-19)18-13(2)21-17-7-5-4-6-15(17)18/h4-7,14,16H,3,8-12,19H2,1-2H3. The summed E-state index contributed by atoms with van der Waals surface area (Å²) in [6, 6.07) is 8.59. The molecule has 0 radical (unpaired) electrons. The Morgan fingerprint density at radius 1 is 1.33 bits per heavy atom. The van der Waals surface area contributed by atoms with Crippen LogP contribution < -0.4 is 5.73 Å². The number of hydrogen-bond donors (Lipinski definition) is 1. The third-order valence-electron chi connectivity index (χ3n) is 4.52. The van der Waals surface area contributed by atoms with Gasteiger partial charge in [-0.1, -0.05) is 25.1 Å². The van der Waals surface area contributed by atoms with Gasteiger partial charge in [-0.3, -0.25) is 4.90 Å². The summed E-state index contributed by atoms with van der Waals surface area (Å²) in [7, 11) is 0. The fraction of sp³-hybridized carbons (Fsp3) is 0.556. The van der Waals surface area contributed by atoms with Gasteiger partial charge in [0, 0.05) is 24.0 Å². The average molecular weight is 286 g/mol. The number of para-hydroxylation sites is 1. The van der Waals surface area contributed by atoms with E-state index in [0.717, 1.165) is 30.2 Å². The van der Waals surface area contributed by atoms with Crippen LogP contribution in [0.3, 0.4) is 0 Å². The molecule has 1 fully saturated rings. The van der Waals surface area contributed by atoms with Crippen molar-refractivity contribution in [3.05, 3.63) is 35.6 Å². The summed E-state index contributed by atoms with van der Waals surface area (Å²) in [6.07, 6.45) is 3.92. The Balaban J connectivity index is 1.97. The highest BCUT2D eigenvalue weighted by molar-refractivity contribution is 5.82. The van der Waals surface area contributed by atoms with Crippen LogP contribution in [-0.4, -0.2) is 24.5 Å². The highest BCUT2D eigenvalue weighted by atomic mass is 16.3. The van der Waals surface area contributed by atoms with Gasteiger partial charge in [-0.25, -0.2) is 0 Å². The lowest BCUT2D eigenvalue weighted by Crippen LogP contribution is -2.36. The molecule has 114 valence electrons. The zero-order valence-corrected chi connectivity index (χ0v) is 13.1. The fourth-order valence-corrected chi connectivity index (χ4v) is 3.34. The lowest BCUT2D eigenvalue weighted by molar-refractivity contribution is 0.192. The van der Waals surface area contributed by atoms with E-state index < -0.39 is 0 Å². The molecule has 1 aliphatic rings. The predicted octanol–water partition coefficient (Wildman–Crippen LogP) is 3.86. The Morgan fingerprint density at radius 3 is 2.76 bits per heavy atom. The van der Waals surface area contributed by atoms with Crippen molar-refractivity contribution >= 4 is 11.0 Å². The van der Waals surface area contributed by atoms with E-state index in [0.29, 0.717) is 6.54 Å². The Labute approximate surface area is 127 Å². The number of aryl methyl sites for hydroxylation is 1. The maximum Gasteiger partial charge on any atom is 0.134 e. The van der Waals surface area contributed by atoms with E-state index in [2.05, 4.69) is 30.9 Å². The summed E-state index contributed by atoms with van der Waals surface area (Å²) in [5.74, 6) is 1.90. The first-order chi connectivity index (χ1) is 10.2. The van der Waals surface area contributed by atoms with Crippen molar-refractivity contribution < 1.29 is 4.42 Å². The monoisotopic (exact) mass is 286 g/mol. The van der Waals surface area contributed by atoms with E-state index in [-0.39, 0.29) is 6.04 Å². The molecule has 1 saturated carbocycles. The minimum atomic E-state index is 0.272. The Hall–Kier alpha value is -1.32. The fourth-order valence-electron chi connectivity index (χ4n) is 3.34. The second-order valence-electron chi connectivity index (χ2n) is 6.26. The van der Waals surface area contributed by atoms with Gasteiger partial charge in [-0.15, -0.1) is 0 Å². The van der Waals surface area contributed by atoms with E-state index in [1.807, 2.05) is 12.1 Å². The van der Waals surface area contributed by atoms with E-state index in [9.17, 15) is 0 Å². The van der Waals surface area contributed by atoms with E-state index >= 15 is 0 Å². The summed E-state index contributed by atoms with van der Waals surface area (Å²) >= 11 is 0. The third-order valence-corrected chi connectivity index (χ3v) is 4.52. The highest BCUT2D eigenvalue weighted by Gasteiger charge is 2.30. The number of hydrogen-bond acceptors (Lipinski definition) is 3. The Morgan fingerprint density at radius 2 is 2.10 bits per heavy atom. The second kappa shape index (κ2) is 6.20. The van der Waals surface area contributed by atoms with Crippen molar-refractivity contribution in [2.75, 3.05) is 19.6 Å². The third kappa shape index (κ3) is 2.99. The molecule has 2 aromatic rings. The molecule has 3 heteroatoms. The molecule has 0 aliphatic heterocycles. The number of benzene rings is 1. The molecule has 0 amide bonds. The number of nitrogens with zero attached hydrogens (tertiary/aromatic N) is 1. The van der Waals surface area contributed by atoms with E-state index in [1.54, 1.807) is 0 Å². The van der Waals surface area contributed by atoms with Crippen LogP contribution in [0.5, 0.6) is 0 Å². The summed E-state index contributed by atoms with van der Waals surface area (Å²) in [4.78, 5) is 2.57. The van der Waals surface area contributed by atoms with Gasteiger partial charge in [0.1, 0.15) is 11.3 Å². The molecule has 2 N–H and O–H groups in total. The molecular weight excluding hydrogens is 260 g/mol. The first-order valence-electron chi connectivity index (χ1n) is 8.16. The van der Waals surface area contributed by atoms with Gasteiger partial charge in [-0.2, -0.15) is 0 Å². The van der Waals surface area contributed by atoms with Crippen LogP contribution in [0.4, 0.5) is 0 Å². The summed E-state index contributed by atoms with van der Waals surface area (Å²) < 4.78 is 5.95. The molecule has 1 heterocycles. The quantitative estimate of drug-likeness (QED) is 0.840. The normalized spacial score (nSPS) is 16.8. The number of rotatable bonds is 7. The van der Waals surface area contributed by atoms with Crippen molar-refractivity contribution in [2.24, 2.45) is 11.7 Å². The van der Waals surface area contributed by atoms with Gasteiger partial charge in [0.2, 0.25) is 0 Å². The summed E-state index contributed by atoms with van der Waals surface area (Å²) in [6.45, 7) is 7.25. The van der Waals surface area contributed by atoms with Gasteiger partial charge < -0.3 is 10.2 Å². The number of fused-ring (bicyclic) bond motifs is 1. The van der Waals surface area contributed by atoms with Crippen LogP contribution in [-0.2, 0) is 0 Å². The van der Waals surface area contributed by atoms with Gasteiger partial charge in [-0.05, 0) is 44.7 Å². The molecule has 0 bridgehead atoms. The topological polar surface area (TPSA) is 42.4 Å². The molecule has 1 aromatic carbocycles. The van der Waals surface area contributed by atoms with Gasteiger partial charge in [0.15, 0.2) is 0 Å². The summed E-state index contributed by atoms with van der Waals surface area (Å²) in [5, 5.41) is 1.22. The van der Waals surface area contributed by atoms with Gasteiger partial charge in [0.25, 0.3) is 0 Å². The van der Waals surface area contributed by atoms with Crippen LogP contribution in [0.2, 0.25) is 0 Å². The zero-order chi connectivity index (χ0) is 14.8. The lowest BCUT2D eigenvalue weighted by atomic mass is 10.0. The molecule has 1 atom stereocenters. The first kappa shape index (κ1) is 14.6. The van der Waals surface area contributed by atoms with Crippen LogP contribution in [0, 0.1) is 12.8 Å². The van der Waals surface area contributed by atoms with Crippen LogP contribution >= 0.6 is 0 Å². The zero-order valence-electron chi connectivity index (χ0n) is 13.1. The minimum absolute atomic E-state index is 0.272. The molecule has 0 saturated heterocycles. The number of furan rings is 1. The van der Waals surface area contributed by atoms with Crippen molar-refractivity contribution in [1.29, 1.82) is 0 Å². The summed E-state index contributed by atoms with van der Waals surface area (Å²) in [5.41, 5.74) is 8.44. The molecular formula is C18H26N2O. The van der Waals surface area contributed by atoms with Crippen LogP contribution in [0.15, 0.2) is 28.7 Å². The molecule has 21 heavy (non-hydrogen) atoms. The van der Waals surface area contributed by atoms with E-state index in [1.165, 1.54) is 30.3 Å². The second-order valence-corrected chi connectivity index (χ2v) is 6.26. The predicted molar refractivity (Wildman–Crippen MR) is 87.3 cm³/mol. The Kier molecular flexibility index (Phi) is 4.32. The molecule has 3 rings (SSSR count). The van der Waals surface area contributed by atoms with E-state index in [4.69, 9.17) is 10.2 Å². The Bertz CT molecular complexity index is 600. The van der Waals surface area contributed by atoms with Gasteiger partial charge >= 0.3 is 0 Å². The highest BCUT2D eigenvalue weighted by Crippen LogP contribution is 2.36. The number of nitrogens with two attached hydrogens (primary N) is 1. The lowest BCUT2D eigenvalue weighted by Gasteiger charge is -2.31.